The van der Waals surface area contributed by atoms with Crippen molar-refractivity contribution in [3.63, 3.8) is 0 Å². The third-order valence-electron chi connectivity index (χ3n) is 3.10. The predicted molar refractivity (Wildman–Crippen MR) is 69.7 cm³/mol. The minimum Gasteiger partial charge on any atom is -0.382 e. The number of methoxy groups -OCH3 is 1. The van der Waals surface area contributed by atoms with Gasteiger partial charge in [-0.3, -0.25) is 0 Å². The standard InChI is InChI=1S/C13H27NO4/c1-15-6-7-16-8-9-17-10-11-18-13-4-2-12(14)3-5-13/h12-13H,2-11,14H2,1H3. The van der Waals surface area contributed by atoms with E-state index < -0.39 is 0 Å². The molecule has 0 amide bonds. The maximum absolute atomic E-state index is 5.84. The van der Waals surface area contributed by atoms with Gasteiger partial charge < -0.3 is 24.7 Å². The zero-order chi connectivity index (χ0) is 13.1. The Morgan fingerprint density at radius 1 is 0.833 bits per heavy atom. The van der Waals surface area contributed by atoms with E-state index >= 15 is 0 Å². The molecule has 0 radical (unpaired) electrons. The quantitative estimate of drug-likeness (QED) is 0.593. The van der Waals surface area contributed by atoms with Gasteiger partial charge in [0.25, 0.3) is 0 Å². The molecule has 1 rings (SSSR count). The van der Waals surface area contributed by atoms with E-state index in [9.17, 15) is 0 Å². The lowest BCUT2D eigenvalue weighted by Gasteiger charge is -2.26. The van der Waals surface area contributed by atoms with Gasteiger partial charge in [0.2, 0.25) is 0 Å². The molecule has 0 spiro atoms. The largest absolute Gasteiger partial charge is 0.382 e. The highest BCUT2D eigenvalue weighted by atomic mass is 16.6. The van der Waals surface area contributed by atoms with Crippen molar-refractivity contribution in [1.29, 1.82) is 0 Å². The maximum atomic E-state index is 5.84. The molecule has 0 aromatic rings. The highest BCUT2D eigenvalue weighted by molar-refractivity contribution is 4.74. The number of ether oxygens (including phenoxy) is 4. The molecule has 5 nitrogen and oxygen atoms in total. The fraction of sp³-hybridized carbons (Fsp3) is 1.00. The molecular formula is C13H27NO4. The maximum Gasteiger partial charge on any atom is 0.0704 e. The Bertz CT molecular complexity index is 184. The third kappa shape index (κ3) is 8.00. The van der Waals surface area contributed by atoms with Crippen LogP contribution < -0.4 is 5.73 Å². The van der Waals surface area contributed by atoms with Gasteiger partial charge in [0.05, 0.1) is 45.7 Å². The second-order valence-electron chi connectivity index (χ2n) is 4.63. The van der Waals surface area contributed by atoms with Crippen LogP contribution in [0.2, 0.25) is 0 Å². The van der Waals surface area contributed by atoms with Crippen LogP contribution in [-0.2, 0) is 18.9 Å². The Labute approximate surface area is 110 Å². The summed E-state index contributed by atoms with van der Waals surface area (Å²) in [7, 11) is 1.66. The van der Waals surface area contributed by atoms with E-state index in [1.54, 1.807) is 7.11 Å². The number of hydrogen-bond acceptors (Lipinski definition) is 5. The number of hydrogen-bond donors (Lipinski definition) is 1. The molecule has 1 fully saturated rings. The van der Waals surface area contributed by atoms with E-state index in [0.717, 1.165) is 25.7 Å². The van der Waals surface area contributed by atoms with Crippen molar-refractivity contribution >= 4 is 0 Å². The summed E-state index contributed by atoms with van der Waals surface area (Å²) >= 11 is 0. The minimum absolute atomic E-state index is 0.380. The summed E-state index contributed by atoms with van der Waals surface area (Å²) in [5.74, 6) is 0. The normalized spacial score (nSPS) is 24.3. The van der Waals surface area contributed by atoms with Gasteiger partial charge in [-0.2, -0.15) is 0 Å². The Kier molecular flexibility index (Phi) is 9.42. The van der Waals surface area contributed by atoms with Crippen LogP contribution in [0.15, 0.2) is 0 Å². The fourth-order valence-corrected chi connectivity index (χ4v) is 1.99. The number of rotatable bonds is 10. The average Bonchev–Trinajstić information content (AvgIpc) is 2.39. The molecule has 0 aromatic carbocycles. The molecule has 0 unspecified atom stereocenters. The van der Waals surface area contributed by atoms with Crippen LogP contribution in [0.25, 0.3) is 0 Å². The van der Waals surface area contributed by atoms with Crippen LogP contribution in [0.1, 0.15) is 25.7 Å². The van der Waals surface area contributed by atoms with E-state index in [0.29, 0.717) is 51.8 Å². The summed E-state index contributed by atoms with van der Waals surface area (Å²) in [5, 5.41) is 0. The van der Waals surface area contributed by atoms with E-state index in [2.05, 4.69) is 0 Å². The summed E-state index contributed by atoms with van der Waals surface area (Å²) in [6, 6.07) is 0.380. The molecule has 5 heteroatoms. The topological polar surface area (TPSA) is 62.9 Å². The Morgan fingerprint density at radius 2 is 1.39 bits per heavy atom. The van der Waals surface area contributed by atoms with Gasteiger partial charge in [0.15, 0.2) is 0 Å². The van der Waals surface area contributed by atoms with Crippen LogP contribution in [0.4, 0.5) is 0 Å². The molecule has 2 N–H and O–H groups in total. The first-order valence-corrected chi connectivity index (χ1v) is 6.84. The average molecular weight is 261 g/mol. The van der Waals surface area contributed by atoms with Gasteiger partial charge in [0.1, 0.15) is 0 Å². The lowest BCUT2D eigenvalue weighted by atomic mass is 9.94. The van der Waals surface area contributed by atoms with E-state index in [1.807, 2.05) is 0 Å². The van der Waals surface area contributed by atoms with Crippen LogP contribution in [0.5, 0.6) is 0 Å². The van der Waals surface area contributed by atoms with Crippen molar-refractivity contribution in [2.24, 2.45) is 5.73 Å². The van der Waals surface area contributed by atoms with Crippen molar-refractivity contribution in [3.8, 4) is 0 Å². The first kappa shape index (κ1) is 15.9. The van der Waals surface area contributed by atoms with Crippen LogP contribution in [-0.4, -0.2) is 58.9 Å². The van der Waals surface area contributed by atoms with Gasteiger partial charge in [-0.05, 0) is 25.7 Å². The lowest BCUT2D eigenvalue weighted by molar-refractivity contribution is -0.0264. The first-order chi connectivity index (χ1) is 8.83. The van der Waals surface area contributed by atoms with Gasteiger partial charge in [-0.25, -0.2) is 0 Å². The molecule has 0 saturated heterocycles. The van der Waals surface area contributed by atoms with E-state index in [4.69, 9.17) is 24.7 Å². The minimum atomic E-state index is 0.380. The van der Waals surface area contributed by atoms with Crippen LogP contribution in [0.3, 0.4) is 0 Å². The third-order valence-corrected chi connectivity index (χ3v) is 3.10. The van der Waals surface area contributed by atoms with Crippen LogP contribution >= 0.6 is 0 Å². The number of nitrogens with two attached hydrogens (primary N) is 1. The van der Waals surface area contributed by atoms with Crippen molar-refractivity contribution < 1.29 is 18.9 Å². The summed E-state index contributed by atoms with van der Waals surface area (Å²) in [6.07, 6.45) is 4.71. The summed E-state index contributed by atoms with van der Waals surface area (Å²) < 4.78 is 21.3. The van der Waals surface area contributed by atoms with Gasteiger partial charge >= 0.3 is 0 Å². The molecule has 18 heavy (non-hydrogen) atoms. The monoisotopic (exact) mass is 261 g/mol. The molecule has 0 heterocycles. The van der Waals surface area contributed by atoms with Crippen molar-refractivity contribution in [2.75, 3.05) is 46.8 Å². The lowest BCUT2D eigenvalue weighted by Crippen LogP contribution is -2.30. The van der Waals surface area contributed by atoms with Crippen LogP contribution in [0, 0.1) is 0 Å². The van der Waals surface area contributed by atoms with Crippen molar-refractivity contribution in [2.45, 2.75) is 37.8 Å². The SMILES string of the molecule is COCCOCCOCCOC1CCC(N)CC1. The highest BCUT2D eigenvalue weighted by Gasteiger charge is 2.18. The first-order valence-electron chi connectivity index (χ1n) is 6.84. The zero-order valence-electron chi connectivity index (χ0n) is 11.4. The van der Waals surface area contributed by atoms with Gasteiger partial charge in [-0.1, -0.05) is 0 Å². The molecule has 0 aliphatic heterocycles. The fourth-order valence-electron chi connectivity index (χ4n) is 1.99. The smallest absolute Gasteiger partial charge is 0.0704 e. The van der Waals surface area contributed by atoms with Gasteiger partial charge in [0, 0.05) is 13.2 Å². The zero-order valence-corrected chi connectivity index (χ0v) is 11.4. The Morgan fingerprint density at radius 3 is 2.00 bits per heavy atom. The van der Waals surface area contributed by atoms with Crippen molar-refractivity contribution in [3.05, 3.63) is 0 Å². The molecule has 0 aromatic heterocycles. The van der Waals surface area contributed by atoms with E-state index in [-0.39, 0.29) is 0 Å². The Balaban J connectivity index is 1.78. The summed E-state index contributed by atoms with van der Waals surface area (Å²) in [4.78, 5) is 0. The predicted octanol–water partition coefficient (Wildman–Crippen LogP) is 0.953. The highest BCUT2D eigenvalue weighted by Crippen LogP contribution is 2.19. The second-order valence-corrected chi connectivity index (χ2v) is 4.63. The van der Waals surface area contributed by atoms with Gasteiger partial charge in [-0.15, -0.1) is 0 Å². The Hall–Kier alpha value is -0.200. The molecule has 1 aliphatic carbocycles. The van der Waals surface area contributed by atoms with E-state index in [1.165, 1.54) is 0 Å². The van der Waals surface area contributed by atoms with Crippen molar-refractivity contribution in [1.82, 2.24) is 0 Å². The second kappa shape index (κ2) is 10.7. The summed E-state index contributed by atoms with van der Waals surface area (Å²) in [5.41, 5.74) is 5.84. The molecule has 108 valence electrons. The molecule has 0 bridgehead atoms. The molecule has 0 atom stereocenters. The summed E-state index contributed by atoms with van der Waals surface area (Å²) in [6.45, 7) is 3.78. The molecule has 1 aliphatic rings. The molecular weight excluding hydrogens is 234 g/mol. The molecule has 1 saturated carbocycles.